The van der Waals surface area contributed by atoms with Crippen LogP contribution in [0.2, 0.25) is 0 Å². The highest BCUT2D eigenvalue weighted by molar-refractivity contribution is 5.89. The molecule has 0 aliphatic rings. The molecule has 0 aromatic carbocycles. The normalized spacial score (nSPS) is 11.7. The second-order valence-electron chi connectivity index (χ2n) is 3.95. The number of carboxylic acids is 1. The van der Waals surface area contributed by atoms with E-state index in [1.54, 1.807) is 19.1 Å². The molecule has 0 saturated heterocycles. The Morgan fingerprint density at radius 2 is 1.70 bits per heavy atom. The predicted octanol–water partition coefficient (Wildman–Crippen LogP) is -1.23. The Kier molecular flexibility index (Phi) is 8.40. The van der Waals surface area contributed by atoms with Crippen molar-refractivity contribution in [2.24, 2.45) is 0 Å². The molecule has 0 radical (unpaired) electrons. The van der Waals surface area contributed by atoms with Gasteiger partial charge in [-0.1, -0.05) is 12.2 Å². The van der Waals surface area contributed by atoms with Crippen LogP contribution in [0.5, 0.6) is 0 Å². The van der Waals surface area contributed by atoms with Crippen molar-refractivity contribution in [3.05, 3.63) is 12.2 Å². The summed E-state index contributed by atoms with van der Waals surface area (Å²) in [6, 6.07) is -1.04. The fourth-order valence-electron chi connectivity index (χ4n) is 1.19. The Labute approximate surface area is 116 Å². The Morgan fingerprint density at radius 1 is 1.10 bits per heavy atom. The van der Waals surface area contributed by atoms with Crippen molar-refractivity contribution in [2.45, 2.75) is 26.3 Å². The van der Waals surface area contributed by atoms with Crippen LogP contribution in [0.1, 0.15) is 20.3 Å². The summed E-state index contributed by atoms with van der Waals surface area (Å²) in [5, 5.41) is 15.7. The average molecular weight is 285 g/mol. The minimum absolute atomic E-state index is 0.164. The average Bonchev–Trinajstić information content (AvgIpc) is 2.38. The lowest BCUT2D eigenvalue weighted by atomic mass is 10.2. The molecule has 4 N–H and O–H groups in total. The van der Waals surface area contributed by atoms with Gasteiger partial charge in [0.15, 0.2) is 0 Å². The molecule has 0 fully saturated rings. The van der Waals surface area contributed by atoms with E-state index in [0.29, 0.717) is 0 Å². The van der Waals surface area contributed by atoms with Crippen LogP contribution in [0.3, 0.4) is 0 Å². The standard InChI is InChI=1S/C12H19N3O5/c1-3-4-5-9(12(19)20)15-11(18)7-14-10(17)6-13-8(2)16/h3-4,9H,5-7H2,1-2H3,(H,13,16)(H,14,17)(H,15,18)(H,19,20)/b4-3+. The molecule has 0 bridgehead atoms. The van der Waals surface area contributed by atoms with E-state index in [1.165, 1.54) is 6.92 Å². The van der Waals surface area contributed by atoms with E-state index in [1.807, 2.05) is 0 Å². The fourth-order valence-corrected chi connectivity index (χ4v) is 1.19. The van der Waals surface area contributed by atoms with Gasteiger partial charge in [0.1, 0.15) is 6.04 Å². The molecule has 112 valence electrons. The van der Waals surface area contributed by atoms with Crippen molar-refractivity contribution in [1.29, 1.82) is 0 Å². The molecule has 0 spiro atoms. The van der Waals surface area contributed by atoms with Gasteiger partial charge in [-0.15, -0.1) is 0 Å². The fraction of sp³-hybridized carbons (Fsp3) is 0.500. The van der Waals surface area contributed by atoms with E-state index in [4.69, 9.17) is 5.11 Å². The maximum Gasteiger partial charge on any atom is 0.326 e. The van der Waals surface area contributed by atoms with Gasteiger partial charge in [0.05, 0.1) is 13.1 Å². The Balaban J connectivity index is 4.10. The first-order valence-electron chi connectivity index (χ1n) is 6.01. The molecule has 0 rings (SSSR count). The topological polar surface area (TPSA) is 125 Å². The van der Waals surface area contributed by atoms with Gasteiger partial charge < -0.3 is 21.1 Å². The zero-order valence-corrected chi connectivity index (χ0v) is 11.4. The summed E-state index contributed by atoms with van der Waals surface area (Å²) in [6.07, 6.45) is 3.46. The van der Waals surface area contributed by atoms with Crippen LogP contribution in [0.4, 0.5) is 0 Å². The van der Waals surface area contributed by atoms with Crippen molar-refractivity contribution >= 4 is 23.7 Å². The third-order valence-corrected chi connectivity index (χ3v) is 2.18. The Morgan fingerprint density at radius 3 is 2.20 bits per heavy atom. The summed E-state index contributed by atoms with van der Waals surface area (Å²) >= 11 is 0. The van der Waals surface area contributed by atoms with Crippen molar-refractivity contribution in [3.8, 4) is 0 Å². The molecule has 1 unspecified atom stereocenters. The zero-order valence-electron chi connectivity index (χ0n) is 11.4. The molecule has 8 nitrogen and oxygen atoms in total. The minimum atomic E-state index is -1.15. The molecule has 3 amide bonds. The SMILES string of the molecule is C/C=C/CC(NC(=O)CNC(=O)CNC(C)=O)C(=O)O. The van der Waals surface area contributed by atoms with Gasteiger partial charge in [-0.2, -0.15) is 0 Å². The molecule has 0 aliphatic heterocycles. The largest absolute Gasteiger partial charge is 0.480 e. The number of rotatable bonds is 8. The molecular weight excluding hydrogens is 266 g/mol. The van der Waals surface area contributed by atoms with Crippen molar-refractivity contribution in [2.75, 3.05) is 13.1 Å². The number of hydrogen-bond donors (Lipinski definition) is 4. The number of hydrogen-bond acceptors (Lipinski definition) is 4. The van der Waals surface area contributed by atoms with Crippen LogP contribution in [-0.2, 0) is 19.2 Å². The van der Waals surface area contributed by atoms with E-state index in [0.717, 1.165) is 0 Å². The van der Waals surface area contributed by atoms with Gasteiger partial charge in [-0.05, 0) is 13.3 Å². The lowest BCUT2D eigenvalue weighted by molar-refractivity contribution is -0.141. The lowest BCUT2D eigenvalue weighted by Gasteiger charge is -2.13. The zero-order chi connectivity index (χ0) is 15.5. The van der Waals surface area contributed by atoms with Crippen LogP contribution in [0, 0.1) is 0 Å². The number of amides is 3. The van der Waals surface area contributed by atoms with Crippen LogP contribution in [0.15, 0.2) is 12.2 Å². The molecule has 1 atom stereocenters. The van der Waals surface area contributed by atoms with Gasteiger partial charge >= 0.3 is 5.97 Å². The summed E-state index contributed by atoms with van der Waals surface area (Å²) < 4.78 is 0. The number of carboxylic acid groups (broad SMARTS) is 1. The van der Waals surface area contributed by atoms with Gasteiger partial charge in [-0.25, -0.2) is 4.79 Å². The molecule has 8 heteroatoms. The third kappa shape index (κ3) is 8.67. The molecule has 0 aromatic heterocycles. The second kappa shape index (κ2) is 9.54. The molecule has 0 saturated carbocycles. The van der Waals surface area contributed by atoms with Crippen LogP contribution >= 0.6 is 0 Å². The highest BCUT2D eigenvalue weighted by Crippen LogP contribution is 1.94. The van der Waals surface area contributed by atoms with Gasteiger partial charge in [0.25, 0.3) is 0 Å². The van der Waals surface area contributed by atoms with Crippen LogP contribution in [-0.4, -0.2) is 47.9 Å². The minimum Gasteiger partial charge on any atom is -0.480 e. The maximum atomic E-state index is 11.5. The van der Waals surface area contributed by atoms with Gasteiger partial charge in [0, 0.05) is 6.92 Å². The highest BCUT2D eigenvalue weighted by atomic mass is 16.4. The summed E-state index contributed by atoms with van der Waals surface area (Å²) in [4.78, 5) is 44.1. The van der Waals surface area contributed by atoms with Crippen molar-refractivity contribution in [3.63, 3.8) is 0 Å². The predicted molar refractivity (Wildman–Crippen MR) is 70.7 cm³/mol. The van der Waals surface area contributed by atoms with E-state index in [-0.39, 0.29) is 25.4 Å². The number of carbonyl (C=O) groups excluding carboxylic acids is 3. The van der Waals surface area contributed by atoms with Crippen molar-refractivity contribution < 1.29 is 24.3 Å². The van der Waals surface area contributed by atoms with E-state index in [2.05, 4.69) is 16.0 Å². The quantitative estimate of drug-likeness (QED) is 0.416. The van der Waals surface area contributed by atoms with Gasteiger partial charge in [0.2, 0.25) is 17.7 Å². The van der Waals surface area contributed by atoms with Crippen LogP contribution < -0.4 is 16.0 Å². The smallest absolute Gasteiger partial charge is 0.326 e. The number of carbonyl (C=O) groups is 4. The van der Waals surface area contributed by atoms with Gasteiger partial charge in [-0.3, -0.25) is 14.4 Å². The summed E-state index contributed by atoms with van der Waals surface area (Å²) in [7, 11) is 0. The van der Waals surface area contributed by atoms with E-state index < -0.39 is 23.8 Å². The first kappa shape index (κ1) is 17.6. The molecular formula is C12H19N3O5. The Bertz CT molecular complexity index is 406. The monoisotopic (exact) mass is 285 g/mol. The Hall–Kier alpha value is -2.38. The third-order valence-electron chi connectivity index (χ3n) is 2.18. The summed E-state index contributed by atoms with van der Waals surface area (Å²) in [6.45, 7) is 2.42. The number of aliphatic carboxylic acids is 1. The molecule has 0 aromatic rings. The summed E-state index contributed by atoms with van der Waals surface area (Å²) in [5.41, 5.74) is 0. The van der Waals surface area contributed by atoms with E-state index in [9.17, 15) is 19.2 Å². The second-order valence-corrected chi connectivity index (χ2v) is 3.95. The first-order valence-corrected chi connectivity index (χ1v) is 6.01. The molecule has 20 heavy (non-hydrogen) atoms. The summed E-state index contributed by atoms with van der Waals surface area (Å²) in [5.74, 6) is -2.66. The van der Waals surface area contributed by atoms with E-state index >= 15 is 0 Å². The maximum absolute atomic E-state index is 11.5. The first-order chi connectivity index (χ1) is 9.36. The lowest BCUT2D eigenvalue weighted by Crippen LogP contribution is -2.46. The molecule has 0 aliphatic carbocycles. The van der Waals surface area contributed by atoms with Crippen molar-refractivity contribution in [1.82, 2.24) is 16.0 Å². The number of nitrogens with one attached hydrogen (secondary N) is 3. The highest BCUT2D eigenvalue weighted by Gasteiger charge is 2.18. The number of allylic oxidation sites excluding steroid dienone is 1. The van der Waals surface area contributed by atoms with Crippen LogP contribution in [0.25, 0.3) is 0 Å². The molecule has 0 heterocycles.